The molecule has 0 unspecified atom stereocenters. The van der Waals surface area contributed by atoms with Crippen LogP contribution in [0.5, 0.6) is 0 Å². The van der Waals surface area contributed by atoms with Gasteiger partial charge in [0, 0.05) is 37.2 Å². The average molecular weight is 323 g/mol. The lowest BCUT2D eigenvalue weighted by molar-refractivity contribution is 0.0942. The first-order valence-corrected chi connectivity index (χ1v) is 7.80. The van der Waals surface area contributed by atoms with E-state index in [1.165, 1.54) is 12.1 Å². The van der Waals surface area contributed by atoms with Crippen LogP contribution in [0.15, 0.2) is 61.1 Å². The summed E-state index contributed by atoms with van der Waals surface area (Å²) in [6, 6.07) is 11.8. The number of aryl methyl sites for hydroxylation is 1. The van der Waals surface area contributed by atoms with Gasteiger partial charge >= 0.3 is 0 Å². The Labute approximate surface area is 140 Å². The Hall–Kier alpha value is -2.95. The molecule has 4 nitrogen and oxygen atoms in total. The minimum Gasteiger partial charge on any atom is -0.347 e. The van der Waals surface area contributed by atoms with Crippen LogP contribution in [0.4, 0.5) is 4.39 Å². The molecule has 2 heterocycles. The number of aromatic nitrogens is 2. The fraction of sp³-hybridized carbons (Fsp3) is 0.158. The van der Waals surface area contributed by atoms with Gasteiger partial charge in [0.15, 0.2) is 0 Å². The molecule has 5 heteroatoms. The number of nitrogens with one attached hydrogen (secondary N) is 1. The Bertz CT molecular complexity index is 826. The molecule has 0 aliphatic heterocycles. The van der Waals surface area contributed by atoms with Crippen molar-refractivity contribution in [3.05, 3.63) is 78.1 Å². The fourth-order valence-electron chi connectivity index (χ4n) is 2.54. The van der Waals surface area contributed by atoms with Gasteiger partial charge in [0.05, 0.1) is 0 Å². The van der Waals surface area contributed by atoms with Crippen molar-refractivity contribution in [2.45, 2.75) is 20.0 Å². The third-order valence-corrected chi connectivity index (χ3v) is 3.85. The first-order valence-electron chi connectivity index (χ1n) is 7.80. The molecule has 2 aromatic heterocycles. The highest BCUT2D eigenvalue weighted by molar-refractivity contribution is 5.94. The zero-order chi connectivity index (χ0) is 16.9. The minimum absolute atomic E-state index is 0.151. The van der Waals surface area contributed by atoms with E-state index in [-0.39, 0.29) is 11.7 Å². The van der Waals surface area contributed by atoms with Crippen molar-refractivity contribution < 1.29 is 9.18 Å². The minimum atomic E-state index is -0.285. The Balaban J connectivity index is 1.76. The van der Waals surface area contributed by atoms with E-state index in [1.54, 1.807) is 24.5 Å². The summed E-state index contributed by atoms with van der Waals surface area (Å²) in [6.45, 7) is 3.05. The summed E-state index contributed by atoms with van der Waals surface area (Å²) < 4.78 is 14.8. The Morgan fingerprint density at radius 1 is 1.12 bits per heavy atom. The van der Waals surface area contributed by atoms with E-state index >= 15 is 0 Å². The van der Waals surface area contributed by atoms with E-state index in [1.807, 2.05) is 35.9 Å². The summed E-state index contributed by atoms with van der Waals surface area (Å²) in [4.78, 5) is 16.5. The summed E-state index contributed by atoms with van der Waals surface area (Å²) >= 11 is 0. The van der Waals surface area contributed by atoms with Gasteiger partial charge in [-0.05, 0) is 48.4 Å². The molecule has 122 valence electrons. The molecule has 0 saturated carbocycles. The van der Waals surface area contributed by atoms with Gasteiger partial charge in [-0.2, -0.15) is 0 Å². The second-order valence-electron chi connectivity index (χ2n) is 5.45. The number of amides is 1. The Morgan fingerprint density at radius 2 is 1.83 bits per heavy atom. The molecule has 0 fully saturated rings. The van der Waals surface area contributed by atoms with Crippen molar-refractivity contribution in [1.82, 2.24) is 14.9 Å². The van der Waals surface area contributed by atoms with Crippen molar-refractivity contribution in [3.8, 4) is 11.1 Å². The van der Waals surface area contributed by atoms with Gasteiger partial charge < -0.3 is 9.88 Å². The third kappa shape index (κ3) is 3.51. The zero-order valence-corrected chi connectivity index (χ0v) is 13.4. The average Bonchev–Trinajstić information content (AvgIpc) is 3.06. The molecule has 24 heavy (non-hydrogen) atoms. The number of carbonyl (C=O) groups is 1. The van der Waals surface area contributed by atoms with Crippen LogP contribution >= 0.6 is 0 Å². The zero-order valence-electron chi connectivity index (χ0n) is 13.4. The van der Waals surface area contributed by atoms with Gasteiger partial charge in [-0.25, -0.2) is 4.39 Å². The van der Waals surface area contributed by atoms with E-state index in [0.717, 1.165) is 16.7 Å². The molecule has 1 N–H and O–H groups in total. The number of pyridine rings is 1. The van der Waals surface area contributed by atoms with Gasteiger partial charge in [0.2, 0.25) is 0 Å². The predicted molar refractivity (Wildman–Crippen MR) is 90.9 cm³/mol. The smallest absolute Gasteiger partial charge is 0.268 e. The normalized spacial score (nSPS) is 10.6. The lowest BCUT2D eigenvalue weighted by atomic mass is 10.1. The third-order valence-electron chi connectivity index (χ3n) is 3.85. The van der Waals surface area contributed by atoms with Crippen molar-refractivity contribution in [2.24, 2.45) is 0 Å². The van der Waals surface area contributed by atoms with Crippen molar-refractivity contribution in [3.63, 3.8) is 0 Å². The van der Waals surface area contributed by atoms with Crippen LogP contribution in [-0.4, -0.2) is 15.5 Å². The van der Waals surface area contributed by atoms with Crippen molar-refractivity contribution in [2.75, 3.05) is 0 Å². The van der Waals surface area contributed by atoms with E-state index in [4.69, 9.17) is 0 Å². The van der Waals surface area contributed by atoms with Crippen LogP contribution in [0.2, 0.25) is 0 Å². The number of rotatable bonds is 5. The molecule has 3 aromatic rings. The Morgan fingerprint density at radius 3 is 2.50 bits per heavy atom. The SMILES string of the molecule is CCn1cc(-c2ccncc2)cc1C(=O)NCc1ccc(F)cc1. The van der Waals surface area contributed by atoms with Crippen LogP contribution in [0.3, 0.4) is 0 Å². The molecule has 0 bridgehead atoms. The standard InChI is InChI=1S/C19H18FN3O/c1-2-23-13-16(15-7-9-21-10-8-15)11-18(23)19(24)22-12-14-3-5-17(20)6-4-14/h3-11,13H,2,12H2,1H3,(H,22,24). The highest BCUT2D eigenvalue weighted by Gasteiger charge is 2.13. The van der Waals surface area contributed by atoms with Crippen molar-refractivity contribution in [1.29, 1.82) is 0 Å². The van der Waals surface area contributed by atoms with E-state index in [9.17, 15) is 9.18 Å². The number of nitrogens with zero attached hydrogens (tertiary/aromatic N) is 2. The van der Waals surface area contributed by atoms with Gasteiger partial charge in [-0.15, -0.1) is 0 Å². The fourth-order valence-corrected chi connectivity index (χ4v) is 2.54. The van der Waals surface area contributed by atoms with Crippen LogP contribution in [0.1, 0.15) is 23.0 Å². The molecule has 1 aromatic carbocycles. The lowest BCUT2D eigenvalue weighted by Crippen LogP contribution is -2.25. The monoisotopic (exact) mass is 323 g/mol. The summed E-state index contributed by atoms with van der Waals surface area (Å²) in [7, 11) is 0. The molecule has 1 amide bonds. The van der Waals surface area contributed by atoms with Crippen LogP contribution in [-0.2, 0) is 13.1 Å². The molecule has 0 saturated heterocycles. The Kier molecular flexibility index (Phi) is 4.70. The van der Waals surface area contributed by atoms with Gasteiger partial charge in [-0.3, -0.25) is 9.78 Å². The van der Waals surface area contributed by atoms with Crippen LogP contribution < -0.4 is 5.32 Å². The maximum atomic E-state index is 12.9. The number of hydrogen-bond acceptors (Lipinski definition) is 2. The van der Waals surface area contributed by atoms with E-state index in [0.29, 0.717) is 18.8 Å². The largest absolute Gasteiger partial charge is 0.347 e. The summed E-state index contributed by atoms with van der Waals surface area (Å²) in [6.07, 6.45) is 5.42. The van der Waals surface area contributed by atoms with Crippen molar-refractivity contribution >= 4 is 5.91 Å². The number of benzene rings is 1. The second-order valence-corrected chi connectivity index (χ2v) is 5.45. The molecule has 0 aliphatic carbocycles. The van der Waals surface area contributed by atoms with E-state index in [2.05, 4.69) is 10.3 Å². The first kappa shape index (κ1) is 15.9. The number of carbonyl (C=O) groups excluding carboxylic acids is 1. The van der Waals surface area contributed by atoms with Crippen LogP contribution in [0, 0.1) is 5.82 Å². The van der Waals surface area contributed by atoms with E-state index < -0.39 is 0 Å². The maximum absolute atomic E-state index is 12.9. The lowest BCUT2D eigenvalue weighted by Gasteiger charge is -2.07. The van der Waals surface area contributed by atoms with Gasteiger partial charge in [0.1, 0.15) is 11.5 Å². The van der Waals surface area contributed by atoms with Gasteiger partial charge in [0.25, 0.3) is 5.91 Å². The molecule has 0 atom stereocenters. The first-order chi connectivity index (χ1) is 11.7. The molecule has 3 rings (SSSR count). The molecule has 0 spiro atoms. The van der Waals surface area contributed by atoms with Gasteiger partial charge in [-0.1, -0.05) is 12.1 Å². The summed E-state index contributed by atoms with van der Waals surface area (Å²) in [5.74, 6) is -0.437. The maximum Gasteiger partial charge on any atom is 0.268 e. The molecular weight excluding hydrogens is 305 g/mol. The second kappa shape index (κ2) is 7.08. The van der Waals surface area contributed by atoms with Crippen LogP contribution in [0.25, 0.3) is 11.1 Å². The quantitative estimate of drug-likeness (QED) is 0.779. The predicted octanol–water partition coefficient (Wildman–Crippen LogP) is 3.64. The highest BCUT2D eigenvalue weighted by atomic mass is 19.1. The molecule has 0 radical (unpaired) electrons. The molecule has 0 aliphatic rings. The summed E-state index contributed by atoms with van der Waals surface area (Å²) in [5, 5.41) is 2.88. The highest BCUT2D eigenvalue weighted by Crippen LogP contribution is 2.21. The topological polar surface area (TPSA) is 46.9 Å². The number of halogens is 1. The summed E-state index contributed by atoms with van der Waals surface area (Å²) in [5.41, 5.74) is 3.45. The molecular formula is C19H18FN3O. The number of hydrogen-bond donors (Lipinski definition) is 1.